The van der Waals surface area contributed by atoms with Crippen molar-refractivity contribution < 1.29 is 14.3 Å². The molecule has 0 fully saturated rings. The second-order valence-corrected chi connectivity index (χ2v) is 6.10. The van der Waals surface area contributed by atoms with Gasteiger partial charge in [0.15, 0.2) is 5.11 Å². The number of thiocarbonyl (C=S) groups is 1. The van der Waals surface area contributed by atoms with Gasteiger partial charge in [-0.1, -0.05) is 0 Å². The van der Waals surface area contributed by atoms with E-state index < -0.39 is 0 Å². The molecule has 0 aliphatic rings. The van der Waals surface area contributed by atoms with E-state index in [9.17, 15) is 4.79 Å². The quantitative estimate of drug-likeness (QED) is 0.451. The van der Waals surface area contributed by atoms with E-state index in [1.54, 1.807) is 43.5 Å². The normalized spacial score (nSPS) is 10.1. The molecule has 7 heteroatoms. The summed E-state index contributed by atoms with van der Waals surface area (Å²) in [5, 5.41) is 9.61. The SMILES string of the molecule is CCOCCCNC(=S)Nc1ccc(C(=O)Nc2ccc(OC)cc2)cc1. The summed E-state index contributed by atoms with van der Waals surface area (Å²) in [4.78, 5) is 12.3. The molecule has 144 valence electrons. The van der Waals surface area contributed by atoms with Crippen LogP contribution >= 0.6 is 12.2 Å². The Morgan fingerprint density at radius 1 is 1.00 bits per heavy atom. The van der Waals surface area contributed by atoms with E-state index in [1.807, 2.05) is 19.1 Å². The zero-order chi connectivity index (χ0) is 19.5. The molecule has 0 spiro atoms. The van der Waals surface area contributed by atoms with Gasteiger partial charge in [0.1, 0.15) is 5.75 Å². The van der Waals surface area contributed by atoms with Crippen molar-refractivity contribution in [2.75, 3.05) is 37.5 Å². The molecule has 0 saturated carbocycles. The second-order valence-electron chi connectivity index (χ2n) is 5.69. The van der Waals surface area contributed by atoms with E-state index in [-0.39, 0.29) is 5.91 Å². The van der Waals surface area contributed by atoms with Crippen molar-refractivity contribution in [1.82, 2.24) is 5.32 Å². The smallest absolute Gasteiger partial charge is 0.255 e. The molecule has 0 bridgehead atoms. The summed E-state index contributed by atoms with van der Waals surface area (Å²) in [5.74, 6) is 0.564. The van der Waals surface area contributed by atoms with Crippen molar-refractivity contribution in [3.8, 4) is 5.75 Å². The second kappa shape index (κ2) is 11.2. The van der Waals surface area contributed by atoms with Crippen LogP contribution in [0.3, 0.4) is 0 Å². The Morgan fingerprint density at radius 3 is 2.26 bits per heavy atom. The van der Waals surface area contributed by atoms with Gasteiger partial charge >= 0.3 is 0 Å². The number of hydrogen-bond donors (Lipinski definition) is 3. The highest BCUT2D eigenvalue weighted by molar-refractivity contribution is 7.80. The Balaban J connectivity index is 1.81. The Bertz CT molecular complexity index is 733. The molecule has 6 nitrogen and oxygen atoms in total. The molecule has 0 atom stereocenters. The number of nitrogens with one attached hydrogen (secondary N) is 3. The molecule has 0 radical (unpaired) electrons. The van der Waals surface area contributed by atoms with Gasteiger partial charge < -0.3 is 25.4 Å². The van der Waals surface area contributed by atoms with Crippen LogP contribution in [0.2, 0.25) is 0 Å². The molecule has 27 heavy (non-hydrogen) atoms. The first-order valence-corrected chi connectivity index (χ1v) is 9.21. The highest BCUT2D eigenvalue weighted by Crippen LogP contribution is 2.16. The first kappa shape index (κ1) is 20.7. The van der Waals surface area contributed by atoms with Gasteiger partial charge in [0.2, 0.25) is 0 Å². The van der Waals surface area contributed by atoms with Crippen LogP contribution in [0, 0.1) is 0 Å². The fraction of sp³-hybridized carbons (Fsp3) is 0.300. The van der Waals surface area contributed by atoms with Gasteiger partial charge in [-0.15, -0.1) is 0 Å². The van der Waals surface area contributed by atoms with Crippen molar-refractivity contribution >= 4 is 34.6 Å². The van der Waals surface area contributed by atoms with E-state index in [0.717, 1.165) is 31.0 Å². The van der Waals surface area contributed by atoms with E-state index in [0.29, 0.717) is 23.0 Å². The third-order valence-electron chi connectivity index (χ3n) is 3.71. The van der Waals surface area contributed by atoms with Crippen LogP contribution in [0.1, 0.15) is 23.7 Å². The topological polar surface area (TPSA) is 71.6 Å². The molecule has 0 aliphatic heterocycles. The highest BCUT2D eigenvalue weighted by atomic mass is 32.1. The summed E-state index contributed by atoms with van der Waals surface area (Å²) in [6.07, 6.45) is 0.889. The maximum atomic E-state index is 12.3. The Labute approximate surface area is 165 Å². The van der Waals surface area contributed by atoms with Crippen molar-refractivity contribution in [2.45, 2.75) is 13.3 Å². The third kappa shape index (κ3) is 7.24. The van der Waals surface area contributed by atoms with Gasteiger partial charge in [-0.3, -0.25) is 4.79 Å². The largest absolute Gasteiger partial charge is 0.497 e. The lowest BCUT2D eigenvalue weighted by Crippen LogP contribution is -2.29. The Hall–Kier alpha value is -2.64. The standard InChI is InChI=1S/C20H25N3O3S/c1-3-26-14-4-13-21-20(27)23-17-7-5-15(6-8-17)19(24)22-16-9-11-18(25-2)12-10-16/h5-12H,3-4,13-14H2,1-2H3,(H,22,24)(H2,21,23,27). The predicted octanol–water partition coefficient (Wildman–Crippen LogP) is 3.66. The molecule has 2 rings (SSSR count). The van der Waals surface area contributed by atoms with E-state index in [2.05, 4.69) is 16.0 Å². The molecule has 0 heterocycles. The zero-order valence-corrected chi connectivity index (χ0v) is 16.4. The maximum absolute atomic E-state index is 12.3. The monoisotopic (exact) mass is 387 g/mol. The number of rotatable bonds is 9. The molecule has 2 aromatic rings. The van der Waals surface area contributed by atoms with Gasteiger partial charge in [0.25, 0.3) is 5.91 Å². The average Bonchev–Trinajstić information content (AvgIpc) is 2.69. The number of hydrogen-bond acceptors (Lipinski definition) is 4. The molecular weight excluding hydrogens is 362 g/mol. The minimum atomic E-state index is -0.177. The van der Waals surface area contributed by atoms with Crippen molar-refractivity contribution in [3.05, 3.63) is 54.1 Å². The number of benzene rings is 2. The highest BCUT2D eigenvalue weighted by Gasteiger charge is 2.06. The van der Waals surface area contributed by atoms with Gasteiger partial charge in [-0.25, -0.2) is 0 Å². The lowest BCUT2D eigenvalue weighted by molar-refractivity contribution is 0.102. The van der Waals surface area contributed by atoms with Crippen LogP contribution in [-0.2, 0) is 4.74 Å². The van der Waals surface area contributed by atoms with E-state index >= 15 is 0 Å². The zero-order valence-electron chi connectivity index (χ0n) is 15.6. The van der Waals surface area contributed by atoms with Gasteiger partial charge in [0.05, 0.1) is 7.11 Å². The lowest BCUT2D eigenvalue weighted by atomic mass is 10.2. The number of carbonyl (C=O) groups is 1. The molecule has 0 aliphatic carbocycles. The van der Waals surface area contributed by atoms with Crippen LogP contribution < -0.4 is 20.7 Å². The number of amides is 1. The fourth-order valence-electron chi connectivity index (χ4n) is 2.28. The van der Waals surface area contributed by atoms with E-state index in [4.69, 9.17) is 21.7 Å². The van der Waals surface area contributed by atoms with Crippen LogP contribution in [0.25, 0.3) is 0 Å². The first-order valence-electron chi connectivity index (χ1n) is 8.80. The number of methoxy groups -OCH3 is 1. The molecule has 0 saturated heterocycles. The molecular formula is C20H25N3O3S. The van der Waals surface area contributed by atoms with E-state index in [1.165, 1.54) is 0 Å². The number of carbonyl (C=O) groups excluding carboxylic acids is 1. The van der Waals surface area contributed by atoms with Crippen LogP contribution in [-0.4, -0.2) is 37.9 Å². The van der Waals surface area contributed by atoms with Crippen LogP contribution in [0.15, 0.2) is 48.5 Å². The molecule has 2 aromatic carbocycles. The summed E-state index contributed by atoms with van der Waals surface area (Å²) in [6.45, 7) is 4.15. The van der Waals surface area contributed by atoms with Gasteiger partial charge in [-0.05, 0) is 74.1 Å². The summed E-state index contributed by atoms with van der Waals surface area (Å²) >= 11 is 5.25. The van der Waals surface area contributed by atoms with Crippen LogP contribution in [0.5, 0.6) is 5.75 Å². The summed E-state index contributed by atoms with van der Waals surface area (Å²) in [7, 11) is 1.60. The van der Waals surface area contributed by atoms with Crippen molar-refractivity contribution in [1.29, 1.82) is 0 Å². The minimum Gasteiger partial charge on any atom is -0.497 e. The molecule has 0 unspecified atom stereocenters. The summed E-state index contributed by atoms with van der Waals surface area (Å²) in [6, 6.07) is 14.3. The summed E-state index contributed by atoms with van der Waals surface area (Å²) < 4.78 is 10.4. The van der Waals surface area contributed by atoms with Gasteiger partial charge in [0, 0.05) is 36.7 Å². The fourth-order valence-corrected chi connectivity index (χ4v) is 2.50. The van der Waals surface area contributed by atoms with Gasteiger partial charge in [-0.2, -0.15) is 0 Å². The minimum absolute atomic E-state index is 0.177. The van der Waals surface area contributed by atoms with Crippen LogP contribution in [0.4, 0.5) is 11.4 Å². The first-order chi connectivity index (χ1) is 13.1. The molecule has 1 amide bonds. The van der Waals surface area contributed by atoms with Crippen molar-refractivity contribution in [2.24, 2.45) is 0 Å². The summed E-state index contributed by atoms with van der Waals surface area (Å²) in [5.41, 5.74) is 2.09. The Kier molecular flexibility index (Phi) is 8.54. The Morgan fingerprint density at radius 2 is 1.63 bits per heavy atom. The average molecular weight is 388 g/mol. The van der Waals surface area contributed by atoms with Crippen molar-refractivity contribution in [3.63, 3.8) is 0 Å². The lowest BCUT2D eigenvalue weighted by Gasteiger charge is -2.11. The number of ether oxygens (including phenoxy) is 2. The molecule has 3 N–H and O–H groups in total. The number of anilines is 2. The predicted molar refractivity (Wildman–Crippen MR) is 113 cm³/mol. The maximum Gasteiger partial charge on any atom is 0.255 e. The third-order valence-corrected chi connectivity index (χ3v) is 3.95. The molecule has 0 aromatic heterocycles.